The van der Waals surface area contributed by atoms with Crippen LogP contribution in [0.4, 0.5) is 0 Å². The monoisotopic (exact) mass is 370 g/mol. The molecule has 0 aliphatic carbocycles. The quantitative estimate of drug-likeness (QED) is 0.425. The van der Waals surface area contributed by atoms with Gasteiger partial charge in [0.15, 0.2) is 5.78 Å². The van der Waals surface area contributed by atoms with Gasteiger partial charge in [0.2, 0.25) is 0 Å². The van der Waals surface area contributed by atoms with Crippen LogP contribution in [0.3, 0.4) is 0 Å². The Kier molecular flexibility index (Phi) is 9.83. The minimum Gasteiger partial charge on any atom is -0.317 e. The van der Waals surface area contributed by atoms with Crippen LogP contribution in [-0.2, 0) is 6.42 Å². The summed E-state index contributed by atoms with van der Waals surface area (Å²) in [4.78, 5) is 12.2. The topological polar surface area (TPSA) is 45.8 Å². The number of nitrogens with zero attached hydrogens (tertiary/aromatic N) is 2. The second-order valence-electron chi connectivity index (χ2n) is 5.86. The number of nitriles is 1. The number of unbranched alkanes of at least 4 members (excludes halogenated alkanes) is 1. The van der Waals surface area contributed by atoms with Crippen molar-refractivity contribution in [2.24, 2.45) is 0 Å². The number of thioether (sulfide) groups is 1. The smallest absolute Gasteiger partial charge is 0.164 e. The molecule has 0 aliphatic rings. The number of hydrogen-bond acceptors (Lipinski definition) is 3. The van der Waals surface area contributed by atoms with Crippen LogP contribution in [0.25, 0.3) is 5.69 Å². The van der Waals surface area contributed by atoms with Crippen molar-refractivity contribution in [3.63, 3.8) is 0 Å². The molecule has 26 heavy (non-hydrogen) atoms. The predicted molar refractivity (Wildman–Crippen MR) is 113 cm³/mol. The Morgan fingerprint density at radius 2 is 1.85 bits per heavy atom. The lowest BCUT2D eigenvalue weighted by atomic mass is 10.1. The number of carbonyl (C=O) groups excluding carboxylic acids is 1. The number of aryl methyl sites for hydroxylation is 1. The van der Waals surface area contributed by atoms with Gasteiger partial charge in [0, 0.05) is 29.1 Å². The largest absolute Gasteiger partial charge is 0.317 e. The first-order valence-corrected chi connectivity index (χ1v) is 10.8. The third kappa shape index (κ3) is 5.51. The molecule has 1 aromatic heterocycles. The fourth-order valence-corrected chi connectivity index (χ4v) is 3.42. The standard InChI is InChI=1S/C20H24N2OS.C2H6/c1-4-20(23)19-13-18(7-5-6-12-24-3)22(15(19)2)17-10-8-16(14-21)9-11-17;1-2/h8-11,13H,4-7,12H2,1-3H3;1-2H3. The van der Waals surface area contributed by atoms with Crippen molar-refractivity contribution in [1.82, 2.24) is 4.57 Å². The third-order valence-corrected chi connectivity index (χ3v) is 4.93. The van der Waals surface area contributed by atoms with Crippen molar-refractivity contribution in [3.8, 4) is 11.8 Å². The molecule has 140 valence electrons. The lowest BCUT2D eigenvalue weighted by Gasteiger charge is -2.12. The van der Waals surface area contributed by atoms with Crippen LogP contribution in [0.5, 0.6) is 0 Å². The van der Waals surface area contributed by atoms with E-state index in [1.54, 1.807) is 0 Å². The number of hydrogen-bond donors (Lipinski definition) is 0. The van der Waals surface area contributed by atoms with Gasteiger partial charge in [-0.05, 0) is 68.5 Å². The Hall–Kier alpha value is -1.99. The van der Waals surface area contributed by atoms with Gasteiger partial charge < -0.3 is 4.57 Å². The van der Waals surface area contributed by atoms with Gasteiger partial charge in [0.25, 0.3) is 0 Å². The Labute approximate surface area is 162 Å². The van der Waals surface area contributed by atoms with Crippen molar-refractivity contribution in [1.29, 1.82) is 5.26 Å². The number of aromatic nitrogens is 1. The van der Waals surface area contributed by atoms with Crippen LogP contribution in [0.2, 0.25) is 0 Å². The molecule has 0 amide bonds. The number of rotatable bonds is 8. The Balaban J connectivity index is 0.00000163. The van der Waals surface area contributed by atoms with E-state index in [0.29, 0.717) is 12.0 Å². The number of benzene rings is 1. The molecule has 4 heteroatoms. The van der Waals surface area contributed by atoms with Crippen molar-refractivity contribution in [2.75, 3.05) is 12.0 Å². The first-order chi connectivity index (χ1) is 12.6. The zero-order chi connectivity index (χ0) is 19.5. The van der Waals surface area contributed by atoms with E-state index in [2.05, 4.69) is 23.0 Å². The highest BCUT2D eigenvalue weighted by molar-refractivity contribution is 7.98. The predicted octanol–water partition coefficient (Wildman–Crippen LogP) is 5.96. The molecule has 2 aromatic rings. The highest BCUT2D eigenvalue weighted by Gasteiger charge is 2.17. The summed E-state index contributed by atoms with van der Waals surface area (Å²) >= 11 is 1.87. The van der Waals surface area contributed by atoms with Gasteiger partial charge in [-0.3, -0.25) is 4.79 Å². The van der Waals surface area contributed by atoms with Crippen molar-refractivity contribution < 1.29 is 4.79 Å². The molecular weight excluding hydrogens is 340 g/mol. The summed E-state index contributed by atoms with van der Waals surface area (Å²) in [6.45, 7) is 7.91. The summed E-state index contributed by atoms with van der Waals surface area (Å²) in [5, 5.41) is 8.98. The van der Waals surface area contributed by atoms with E-state index in [-0.39, 0.29) is 5.78 Å². The maximum Gasteiger partial charge on any atom is 0.164 e. The van der Waals surface area contributed by atoms with E-state index in [9.17, 15) is 4.79 Å². The first-order valence-electron chi connectivity index (χ1n) is 9.36. The minimum atomic E-state index is 0.185. The lowest BCUT2D eigenvalue weighted by molar-refractivity contribution is 0.0987. The second kappa shape index (κ2) is 11.6. The summed E-state index contributed by atoms with van der Waals surface area (Å²) in [6, 6.07) is 11.8. The molecule has 2 rings (SSSR count). The molecule has 3 nitrogen and oxygen atoms in total. The summed E-state index contributed by atoms with van der Waals surface area (Å²) in [5.74, 6) is 1.35. The molecule has 0 fully saturated rings. The van der Waals surface area contributed by atoms with Crippen LogP contribution < -0.4 is 0 Å². The van der Waals surface area contributed by atoms with Crippen LogP contribution in [0.15, 0.2) is 30.3 Å². The number of Topliss-reactive ketones (excluding diaryl/α,β-unsaturated/α-hetero) is 1. The Morgan fingerprint density at radius 3 is 2.38 bits per heavy atom. The van der Waals surface area contributed by atoms with Gasteiger partial charge in [0.05, 0.1) is 11.6 Å². The van der Waals surface area contributed by atoms with Gasteiger partial charge in [-0.1, -0.05) is 20.8 Å². The van der Waals surface area contributed by atoms with Gasteiger partial charge in [-0.15, -0.1) is 0 Å². The van der Waals surface area contributed by atoms with Crippen LogP contribution >= 0.6 is 11.8 Å². The lowest BCUT2D eigenvalue weighted by Crippen LogP contribution is -2.04. The molecule has 0 unspecified atom stereocenters. The van der Waals surface area contributed by atoms with Crippen molar-refractivity contribution in [2.45, 2.75) is 53.4 Å². The molecular formula is C22H30N2OS. The highest BCUT2D eigenvalue weighted by Crippen LogP contribution is 2.24. The third-order valence-electron chi connectivity index (χ3n) is 4.23. The second-order valence-corrected chi connectivity index (χ2v) is 6.84. The fourth-order valence-electron chi connectivity index (χ4n) is 2.93. The maximum atomic E-state index is 12.2. The van der Waals surface area contributed by atoms with Gasteiger partial charge in [-0.2, -0.15) is 17.0 Å². The van der Waals surface area contributed by atoms with Crippen LogP contribution in [0, 0.1) is 18.3 Å². The molecule has 0 bridgehead atoms. The molecule has 1 heterocycles. The zero-order valence-electron chi connectivity index (χ0n) is 16.6. The summed E-state index contributed by atoms with van der Waals surface area (Å²) in [6.07, 6.45) is 5.89. The normalized spacial score (nSPS) is 10.0. The molecule has 0 spiro atoms. The van der Waals surface area contributed by atoms with E-state index in [1.807, 2.05) is 63.7 Å². The molecule has 1 aromatic carbocycles. The number of ketones is 1. The zero-order valence-corrected chi connectivity index (χ0v) is 17.4. The van der Waals surface area contributed by atoms with Gasteiger partial charge >= 0.3 is 0 Å². The minimum absolute atomic E-state index is 0.185. The Morgan fingerprint density at radius 1 is 1.19 bits per heavy atom. The summed E-state index contributed by atoms with van der Waals surface area (Å²) in [5.41, 5.74) is 4.65. The average Bonchev–Trinajstić information content (AvgIpc) is 3.02. The van der Waals surface area contributed by atoms with E-state index < -0.39 is 0 Å². The molecule has 0 atom stereocenters. The summed E-state index contributed by atoms with van der Waals surface area (Å²) in [7, 11) is 0. The van der Waals surface area contributed by atoms with E-state index in [0.717, 1.165) is 35.5 Å². The average molecular weight is 371 g/mol. The SMILES string of the molecule is CC.CCC(=O)c1cc(CCCCSC)n(-c2ccc(C#N)cc2)c1C. The highest BCUT2D eigenvalue weighted by atomic mass is 32.2. The van der Waals surface area contributed by atoms with Crippen LogP contribution in [0.1, 0.15) is 67.3 Å². The molecule has 0 saturated heterocycles. The first kappa shape index (κ1) is 22.1. The Bertz CT molecular complexity index is 739. The van der Waals surface area contributed by atoms with Crippen LogP contribution in [-0.4, -0.2) is 22.4 Å². The molecule has 0 aliphatic heterocycles. The van der Waals surface area contributed by atoms with Gasteiger partial charge in [0.1, 0.15) is 0 Å². The van der Waals surface area contributed by atoms with Crippen molar-refractivity contribution in [3.05, 3.63) is 52.8 Å². The van der Waals surface area contributed by atoms with E-state index in [4.69, 9.17) is 5.26 Å². The summed E-state index contributed by atoms with van der Waals surface area (Å²) < 4.78 is 2.17. The van der Waals surface area contributed by atoms with Crippen molar-refractivity contribution >= 4 is 17.5 Å². The van der Waals surface area contributed by atoms with Gasteiger partial charge in [-0.25, -0.2) is 0 Å². The van der Waals surface area contributed by atoms with E-state index >= 15 is 0 Å². The molecule has 0 saturated carbocycles. The molecule has 0 radical (unpaired) electrons. The van der Waals surface area contributed by atoms with E-state index in [1.165, 1.54) is 12.1 Å². The number of carbonyl (C=O) groups is 1. The fraction of sp³-hybridized carbons (Fsp3) is 0.455. The maximum absolute atomic E-state index is 12.2. The molecule has 0 N–H and O–H groups in total.